The first-order valence-electron chi connectivity index (χ1n) is 1.26. The second-order valence-electron chi connectivity index (χ2n) is 0.316. The quantitative estimate of drug-likeness (QED) is 0.429. The molecule has 5 heavy (non-hydrogen) atoms. The molecule has 0 aromatic carbocycles. The van der Waals surface area contributed by atoms with E-state index in [4.69, 9.17) is 5.11 Å². The van der Waals surface area contributed by atoms with Crippen LogP contribution in [-0.4, -0.2) is 18.4 Å². The van der Waals surface area contributed by atoms with Gasteiger partial charge in [-0.05, 0) is 6.92 Å². The zero-order chi connectivity index (χ0) is 4.71. The molecule has 0 bridgehead atoms. The molecule has 0 fully saturated rings. The summed E-state index contributed by atoms with van der Waals surface area (Å²) in [6.45, 7) is 6.01. The molecule has 0 aromatic rings. The van der Waals surface area contributed by atoms with E-state index in [0.29, 0.717) is 0 Å². The van der Waals surface area contributed by atoms with Crippen molar-refractivity contribution in [1.82, 2.24) is 0 Å². The van der Waals surface area contributed by atoms with Crippen LogP contribution < -0.4 is 0 Å². The molecule has 3 heteroatoms. The SMILES string of the molecule is CCO.[B]=S. The van der Waals surface area contributed by atoms with Crippen LogP contribution in [0.1, 0.15) is 6.92 Å². The maximum atomic E-state index is 7.57. The van der Waals surface area contributed by atoms with Gasteiger partial charge in [0.05, 0.1) is 0 Å². The second-order valence-corrected chi connectivity index (χ2v) is 0.316. The summed E-state index contributed by atoms with van der Waals surface area (Å²) in [6, 6.07) is 0. The Morgan fingerprint density at radius 1 is 1.80 bits per heavy atom. The van der Waals surface area contributed by atoms with Gasteiger partial charge in [-0.2, -0.15) is 0 Å². The van der Waals surface area contributed by atoms with Crippen LogP contribution in [0.15, 0.2) is 0 Å². The molecule has 0 saturated heterocycles. The van der Waals surface area contributed by atoms with E-state index in [1.165, 1.54) is 0 Å². The molecule has 0 atom stereocenters. The fraction of sp³-hybridized carbons (Fsp3) is 1.00. The first-order chi connectivity index (χ1) is 2.41. The van der Waals surface area contributed by atoms with Crippen LogP contribution in [0.3, 0.4) is 0 Å². The van der Waals surface area contributed by atoms with Crippen molar-refractivity contribution in [2.75, 3.05) is 6.61 Å². The van der Waals surface area contributed by atoms with E-state index in [0.717, 1.165) is 0 Å². The summed E-state index contributed by atoms with van der Waals surface area (Å²) in [5.74, 6) is 0. The molecule has 1 nitrogen and oxygen atoms in total. The molecule has 0 rings (SSSR count). The van der Waals surface area contributed by atoms with E-state index in [9.17, 15) is 0 Å². The van der Waals surface area contributed by atoms with E-state index < -0.39 is 0 Å². The zero-order valence-corrected chi connectivity index (χ0v) is 3.96. The van der Waals surface area contributed by atoms with Crippen molar-refractivity contribution in [2.24, 2.45) is 0 Å². The fourth-order valence-corrected chi connectivity index (χ4v) is 0. The van der Waals surface area contributed by atoms with Gasteiger partial charge in [-0.15, -0.1) is 0 Å². The van der Waals surface area contributed by atoms with Gasteiger partial charge < -0.3 is 5.11 Å². The molecule has 0 aliphatic heterocycles. The predicted octanol–water partition coefficient (Wildman–Crippen LogP) is 0.266. The van der Waals surface area contributed by atoms with Crippen molar-refractivity contribution in [3.05, 3.63) is 0 Å². The van der Waals surface area contributed by atoms with Crippen LogP contribution in [0.25, 0.3) is 0 Å². The van der Waals surface area contributed by atoms with Crippen LogP contribution in [0.5, 0.6) is 0 Å². The maximum absolute atomic E-state index is 7.57. The molecule has 0 aliphatic rings. The Bertz CT molecular complexity index is 13.6. The Balaban J connectivity index is 0. The summed E-state index contributed by atoms with van der Waals surface area (Å²) in [6.07, 6.45) is 0. The van der Waals surface area contributed by atoms with Gasteiger partial charge in [0.1, 0.15) is 0 Å². The van der Waals surface area contributed by atoms with Crippen LogP contribution in [0.4, 0.5) is 0 Å². The molecule has 0 aromatic heterocycles. The number of rotatable bonds is 0. The number of hydrogen-bond donors (Lipinski definition) is 1. The molecule has 1 N–H and O–H groups in total. The summed E-state index contributed by atoms with van der Waals surface area (Å²) >= 11 is 3.58. The van der Waals surface area contributed by atoms with Gasteiger partial charge in [-0.25, -0.2) is 0 Å². The Kier molecular flexibility index (Phi) is 51.8. The van der Waals surface area contributed by atoms with Crippen LogP contribution >= 0.6 is 12.1 Å². The van der Waals surface area contributed by atoms with Gasteiger partial charge in [-0.1, -0.05) is 0 Å². The third-order valence-electron chi connectivity index (χ3n) is 0. The Morgan fingerprint density at radius 3 is 1.80 bits per heavy atom. The van der Waals surface area contributed by atoms with E-state index in [-0.39, 0.29) is 6.61 Å². The van der Waals surface area contributed by atoms with Gasteiger partial charge >= 0.3 is 18.8 Å². The summed E-state index contributed by atoms with van der Waals surface area (Å²) in [4.78, 5) is 0. The molecular formula is C2H6BOS. The van der Waals surface area contributed by atoms with Crippen molar-refractivity contribution in [3.8, 4) is 0 Å². The standard InChI is InChI=1S/C2H6O.BS/c1-2-3;1-2/h3H,2H2,1H3;. The molecular weight excluding hydrogens is 82.9 g/mol. The predicted molar refractivity (Wildman–Crippen MR) is 26.1 cm³/mol. The van der Waals surface area contributed by atoms with Crippen LogP contribution in [-0.2, 0) is 0 Å². The third kappa shape index (κ3) is 357. The van der Waals surface area contributed by atoms with E-state index in [1.54, 1.807) is 6.92 Å². The molecule has 0 amide bonds. The topological polar surface area (TPSA) is 20.2 Å². The van der Waals surface area contributed by atoms with E-state index >= 15 is 0 Å². The fourth-order valence-electron chi connectivity index (χ4n) is 0. The normalized spacial score (nSPS) is 4.20. The second kappa shape index (κ2) is 28.8. The third-order valence-corrected chi connectivity index (χ3v) is 0. The molecule has 29 valence electrons. The summed E-state index contributed by atoms with van der Waals surface area (Å²) in [5.41, 5.74) is 0. The first kappa shape index (κ1) is 8.98. The van der Waals surface area contributed by atoms with Crippen molar-refractivity contribution in [1.29, 1.82) is 0 Å². The van der Waals surface area contributed by atoms with Gasteiger partial charge in [0.15, 0.2) is 0 Å². The van der Waals surface area contributed by atoms with Gasteiger partial charge in [0.2, 0.25) is 0 Å². The molecule has 0 unspecified atom stereocenters. The minimum atomic E-state index is 0.250. The van der Waals surface area contributed by atoms with Gasteiger partial charge in [0, 0.05) is 6.61 Å². The van der Waals surface area contributed by atoms with Crippen molar-refractivity contribution >= 4 is 18.8 Å². The van der Waals surface area contributed by atoms with Crippen molar-refractivity contribution in [3.63, 3.8) is 0 Å². The molecule has 0 aliphatic carbocycles. The molecule has 0 spiro atoms. The Morgan fingerprint density at radius 2 is 1.80 bits per heavy atom. The minimum absolute atomic E-state index is 0.250. The van der Waals surface area contributed by atoms with Crippen LogP contribution in [0.2, 0.25) is 0 Å². The number of hydrogen-bond acceptors (Lipinski definition) is 2. The molecule has 0 saturated carbocycles. The van der Waals surface area contributed by atoms with Crippen molar-refractivity contribution < 1.29 is 5.11 Å². The summed E-state index contributed by atoms with van der Waals surface area (Å²) < 4.78 is 0. The van der Waals surface area contributed by atoms with E-state index in [1.807, 2.05) is 0 Å². The number of aliphatic hydroxyl groups is 1. The Hall–Kier alpha value is 0.245. The number of aliphatic hydroxyl groups excluding tert-OH is 1. The average Bonchev–Trinajstić information content (AvgIpc) is 1.46. The molecule has 0 heterocycles. The van der Waals surface area contributed by atoms with Crippen LogP contribution in [0, 0.1) is 0 Å². The van der Waals surface area contributed by atoms with Gasteiger partial charge in [0.25, 0.3) is 0 Å². The first-order valence-corrected chi connectivity index (χ1v) is 1.73. The summed E-state index contributed by atoms with van der Waals surface area (Å²) in [5, 5.41) is 7.57. The molecule has 1 radical (unpaired) electrons. The Labute approximate surface area is 38.3 Å². The van der Waals surface area contributed by atoms with Crippen molar-refractivity contribution in [2.45, 2.75) is 6.92 Å². The zero-order valence-electron chi connectivity index (χ0n) is 3.14. The average molecular weight is 88.9 g/mol. The summed E-state index contributed by atoms with van der Waals surface area (Å²) in [7, 11) is 0. The monoisotopic (exact) mass is 89.0 g/mol. The van der Waals surface area contributed by atoms with Gasteiger partial charge in [-0.3, -0.25) is 0 Å². The van der Waals surface area contributed by atoms with E-state index in [2.05, 4.69) is 18.8 Å².